The zero-order valence-corrected chi connectivity index (χ0v) is 18.2. The third kappa shape index (κ3) is 8.38. The molecule has 32 heavy (non-hydrogen) atoms. The summed E-state index contributed by atoms with van der Waals surface area (Å²) in [6.07, 6.45) is 8.15. The van der Waals surface area contributed by atoms with Gasteiger partial charge in [-0.2, -0.15) is 26.3 Å². The van der Waals surface area contributed by atoms with E-state index in [4.69, 9.17) is 0 Å². The SMILES string of the molecule is CCCCCCc1cn(-c2ccccc2)nn1.O=S(=O)(NS(=O)(=O)C(F)(F)F)C(F)(F)F. The summed E-state index contributed by atoms with van der Waals surface area (Å²) in [6.45, 7) is 2.23. The predicted molar refractivity (Wildman–Crippen MR) is 102 cm³/mol. The van der Waals surface area contributed by atoms with Crippen molar-refractivity contribution in [3.8, 4) is 5.69 Å². The van der Waals surface area contributed by atoms with Crippen LogP contribution in [0.15, 0.2) is 36.5 Å². The molecule has 1 aromatic heterocycles. The van der Waals surface area contributed by atoms with Crippen LogP contribution in [0.4, 0.5) is 26.3 Å². The van der Waals surface area contributed by atoms with Gasteiger partial charge in [0, 0.05) is 0 Å². The van der Waals surface area contributed by atoms with Gasteiger partial charge in [-0.25, -0.2) is 21.5 Å². The molecule has 182 valence electrons. The van der Waals surface area contributed by atoms with Gasteiger partial charge in [0.05, 0.1) is 17.6 Å². The van der Waals surface area contributed by atoms with Crippen LogP contribution < -0.4 is 4.13 Å². The van der Waals surface area contributed by atoms with Gasteiger partial charge in [-0.1, -0.05) is 53.7 Å². The quantitative estimate of drug-likeness (QED) is 0.429. The summed E-state index contributed by atoms with van der Waals surface area (Å²) in [4.78, 5) is 0. The zero-order chi connectivity index (χ0) is 24.6. The van der Waals surface area contributed by atoms with Crippen molar-refractivity contribution >= 4 is 20.0 Å². The Morgan fingerprint density at radius 2 is 1.41 bits per heavy atom. The van der Waals surface area contributed by atoms with Gasteiger partial charge in [-0.05, 0) is 25.0 Å². The number of hydrogen-bond acceptors (Lipinski definition) is 6. The third-order valence-electron chi connectivity index (χ3n) is 3.68. The topological polar surface area (TPSA) is 111 Å². The lowest BCUT2D eigenvalue weighted by Gasteiger charge is -2.11. The van der Waals surface area contributed by atoms with Crippen molar-refractivity contribution < 1.29 is 43.2 Å². The van der Waals surface area contributed by atoms with Crippen LogP contribution in [0.3, 0.4) is 0 Å². The third-order valence-corrected chi connectivity index (χ3v) is 6.65. The molecule has 2 rings (SSSR count). The van der Waals surface area contributed by atoms with Gasteiger partial charge in [-0.3, -0.25) is 0 Å². The average molecular weight is 510 g/mol. The minimum absolute atomic E-state index is 0.493. The van der Waals surface area contributed by atoms with Crippen molar-refractivity contribution in [2.75, 3.05) is 0 Å². The summed E-state index contributed by atoms with van der Waals surface area (Å²) in [7, 11) is -13.2. The molecule has 0 saturated carbocycles. The molecule has 0 fully saturated rings. The van der Waals surface area contributed by atoms with Crippen LogP contribution in [-0.2, 0) is 26.5 Å². The first-order chi connectivity index (χ1) is 14.6. The number of sulfonamides is 2. The Labute approximate surface area is 180 Å². The lowest BCUT2D eigenvalue weighted by atomic mass is 10.1. The number of alkyl halides is 6. The fourth-order valence-electron chi connectivity index (χ4n) is 2.09. The number of para-hydroxylation sites is 1. The van der Waals surface area contributed by atoms with Gasteiger partial charge in [0.1, 0.15) is 0 Å². The Morgan fingerprint density at radius 3 is 1.88 bits per heavy atom. The molecule has 0 aliphatic rings. The van der Waals surface area contributed by atoms with Crippen molar-refractivity contribution in [2.45, 2.75) is 50.0 Å². The van der Waals surface area contributed by atoms with Crippen molar-refractivity contribution in [2.24, 2.45) is 0 Å². The Bertz CT molecular complexity index is 1010. The summed E-state index contributed by atoms with van der Waals surface area (Å²) in [6, 6.07) is 10.1. The summed E-state index contributed by atoms with van der Waals surface area (Å²) in [5.74, 6) is 0. The zero-order valence-electron chi connectivity index (χ0n) is 16.6. The molecule has 0 bridgehead atoms. The molecule has 0 unspecified atom stereocenters. The van der Waals surface area contributed by atoms with Crippen molar-refractivity contribution in [1.82, 2.24) is 19.1 Å². The normalized spacial score (nSPS) is 12.8. The molecular weight excluding hydrogens is 490 g/mol. The number of rotatable bonds is 8. The highest BCUT2D eigenvalue weighted by molar-refractivity contribution is 8.05. The van der Waals surface area contributed by atoms with Crippen molar-refractivity contribution in [3.05, 3.63) is 42.2 Å². The van der Waals surface area contributed by atoms with Crippen molar-refractivity contribution in [3.63, 3.8) is 0 Å². The van der Waals surface area contributed by atoms with E-state index < -0.39 is 35.2 Å². The van der Waals surface area contributed by atoms with Gasteiger partial charge in [0.25, 0.3) is 0 Å². The van der Waals surface area contributed by atoms with E-state index in [1.807, 2.05) is 41.2 Å². The second-order valence-electron chi connectivity index (χ2n) is 6.28. The van der Waals surface area contributed by atoms with Crippen LogP contribution in [0.2, 0.25) is 0 Å². The molecule has 0 atom stereocenters. The molecule has 0 aliphatic carbocycles. The van der Waals surface area contributed by atoms with Crippen LogP contribution in [0.1, 0.15) is 38.3 Å². The Balaban J connectivity index is 0.000000324. The largest absolute Gasteiger partial charge is 0.512 e. The first-order valence-corrected chi connectivity index (χ1v) is 11.9. The van der Waals surface area contributed by atoms with Gasteiger partial charge in [0.15, 0.2) is 0 Å². The van der Waals surface area contributed by atoms with Crippen LogP contribution >= 0.6 is 0 Å². The molecular formula is C16H20F6N4O4S2. The maximum Gasteiger partial charge on any atom is 0.512 e. The summed E-state index contributed by atoms with van der Waals surface area (Å²) in [5, 5.41) is 8.36. The first-order valence-electron chi connectivity index (χ1n) is 8.98. The molecule has 0 radical (unpaired) electrons. The maximum absolute atomic E-state index is 11.5. The average Bonchev–Trinajstić information content (AvgIpc) is 3.13. The van der Waals surface area contributed by atoms with Gasteiger partial charge in [-0.15, -0.1) is 5.10 Å². The Morgan fingerprint density at radius 1 is 0.875 bits per heavy atom. The second-order valence-corrected chi connectivity index (χ2v) is 9.89. The highest BCUT2D eigenvalue weighted by Crippen LogP contribution is 2.27. The van der Waals surface area contributed by atoms with Crippen LogP contribution in [0, 0.1) is 0 Å². The number of aryl methyl sites for hydroxylation is 1. The van der Waals surface area contributed by atoms with Gasteiger partial charge >= 0.3 is 31.1 Å². The van der Waals surface area contributed by atoms with E-state index in [0.29, 0.717) is 0 Å². The van der Waals surface area contributed by atoms with Gasteiger partial charge < -0.3 is 0 Å². The highest BCUT2D eigenvalue weighted by atomic mass is 32.3. The number of benzene rings is 1. The molecule has 0 aliphatic heterocycles. The molecule has 16 heteroatoms. The number of aromatic nitrogens is 3. The van der Waals surface area contributed by atoms with E-state index >= 15 is 0 Å². The molecule has 1 aromatic carbocycles. The number of nitrogens with zero attached hydrogens (tertiary/aromatic N) is 3. The number of halogens is 6. The fraction of sp³-hybridized carbons (Fsp3) is 0.500. The smallest absolute Gasteiger partial charge is 0.220 e. The predicted octanol–water partition coefficient (Wildman–Crippen LogP) is 3.67. The van der Waals surface area contributed by atoms with E-state index in [1.54, 1.807) is 0 Å². The Hall–Kier alpha value is -2.20. The van der Waals surface area contributed by atoms with Crippen LogP contribution in [0.25, 0.3) is 5.69 Å². The summed E-state index contributed by atoms with van der Waals surface area (Å²) >= 11 is 0. The minimum atomic E-state index is -6.60. The number of hydrogen-bond donors (Lipinski definition) is 1. The van der Waals surface area contributed by atoms with Crippen LogP contribution in [-0.4, -0.2) is 42.8 Å². The molecule has 8 nitrogen and oxygen atoms in total. The summed E-state index contributed by atoms with van der Waals surface area (Å²) < 4.78 is 110. The Kier molecular flexibility index (Phi) is 9.65. The van der Waals surface area contributed by atoms with Gasteiger partial charge in [0.2, 0.25) is 0 Å². The van der Waals surface area contributed by atoms with Crippen molar-refractivity contribution in [1.29, 1.82) is 0 Å². The molecule has 1 heterocycles. The molecule has 0 saturated heterocycles. The fourth-order valence-corrected chi connectivity index (χ4v) is 4.00. The van der Waals surface area contributed by atoms with E-state index in [9.17, 15) is 43.2 Å². The number of unbranched alkanes of at least 4 members (excludes halogenated alkanes) is 3. The first kappa shape index (κ1) is 27.8. The molecule has 2 aromatic rings. The standard InChI is InChI=1S/C14H19N3.C2HF6NO4S2/c1-2-3-4-6-9-13-12-17(16-15-13)14-10-7-5-8-11-14;3-1(4,5)14(10,11)9-15(12,13)2(6,7)8/h5,7-8,10-12H,2-4,6,9H2,1H3;9H. The van der Waals surface area contributed by atoms with E-state index in [2.05, 4.69) is 17.2 Å². The van der Waals surface area contributed by atoms with E-state index in [-0.39, 0.29) is 0 Å². The van der Waals surface area contributed by atoms with Crippen LogP contribution in [0.5, 0.6) is 0 Å². The van der Waals surface area contributed by atoms with E-state index in [0.717, 1.165) is 17.8 Å². The lowest BCUT2D eigenvalue weighted by molar-refractivity contribution is -0.0476. The highest BCUT2D eigenvalue weighted by Gasteiger charge is 2.55. The molecule has 1 N–H and O–H groups in total. The second kappa shape index (κ2) is 11.1. The van der Waals surface area contributed by atoms with E-state index in [1.165, 1.54) is 25.7 Å². The molecule has 0 amide bonds. The minimum Gasteiger partial charge on any atom is -0.220 e. The number of nitrogens with one attached hydrogen (secondary N) is 1. The monoisotopic (exact) mass is 510 g/mol. The summed E-state index contributed by atoms with van der Waals surface area (Å²) in [5.41, 5.74) is -10.1. The molecule has 0 spiro atoms. The lowest BCUT2D eigenvalue weighted by Crippen LogP contribution is -2.45. The maximum atomic E-state index is 11.5.